The first-order valence-electron chi connectivity index (χ1n) is 13.2. The van der Waals surface area contributed by atoms with Crippen LogP contribution in [0.1, 0.15) is 95.8 Å². The number of carbonyl (C=O) groups is 3. The Bertz CT molecular complexity index is 1070. The van der Waals surface area contributed by atoms with Crippen LogP contribution in [0.25, 0.3) is 0 Å². The number of hydrogen-bond acceptors (Lipinski definition) is 3. The van der Waals surface area contributed by atoms with Crippen molar-refractivity contribution >= 4 is 29.2 Å². The van der Waals surface area contributed by atoms with Crippen molar-refractivity contribution in [2.24, 2.45) is 0 Å². The summed E-state index contributed by atoms with van der Waals surface area (Å²) in [5.41, 5.74) is 3.66. The molecule has 0 saturated carbocycles. The lowest BCUT2D eigenvalue weighted by atomic mass is 9.86. The lowest BCUT2D eigenvalue weighted by Crippen LogP contribution is -2.50. The van der Waals surface area contributed by atoms with E-state index in [1.807, 2.05) is 63.2 Å². The Balaban J connectivity index is 1.97. The van der Waals surface area contributed by atoms with Crippen molar-refractivity contribution in [3.63, 3.8) is 0 Å². The van der Waals surface area contributed by atoms with E-state index in [9.17, 15) is 14.4 Å². The molecule has 1 saturated heterocycles. The summed E-state index contributed by atoms with van der Waals surface area (Å²) in [5, 5.41) is 3.06. The molecular weight excluding hydrogens is 450 g/mol. The quantitative estimate of drug-likeness (QED) is 0.364. The van der Waals surface area contributed by atoms with E-state index in [0.717, 1.165) is 40.1 Å². The Hall–Kier alpha value is -3.15. The van der Waals surface area contributed by atoms with Crippen LogP contribution in [0.4, 0.5) is 16.2 Å². The van der Waals surface area contributed by atoms with Gasteiger partial charge < -0.3 is 5.32 Å². The standard InChI is InChI=1S/C30H41N3O3/c1-8-17-30(18-9-2)28(35)32(29(36)33(30)23-15-13-22(7)14-16-23)19-26(34)31-27-24(20(3)4)11-10-12-25(27)21(5)6/h10-16,20-21H,8-9,17-19H2,1-7H3,(H,31,34). The van der Waals surface area contributed by atoms with E-state index in [-0.39, 0.29) is 30.2 Å². The minimum Gasteiger partial charge on any atom is -0.324 e. The van der Waals surface area contributed by atoms with Gasteiger partial charge in [0.15, 0.2) is 0 Å². The van der Waals surface area contributed by atoms with Crippen LogP contribution in [0.15, 0.2) is 42.5 Å². The van der Waals surface area contributed by atoms with Gasteiger partial charge in [0.1, 0.15) is 12.1 Å². The number of nitrogens with one attached hydrogen (secondary N) is 1. The zero-order valence-electron chi connectivity index (χ0n) is 22.9. The summed E-state index contributed by atoms with van der Waals surface area (Å²) in [7, 11) is 0. The highest BCUT2D eigenvalue weighted by molar-refractivity contribution is 6.18. The molecule has 1 fully saturated rings. The average Bonchev–Trinajstić information content (AvgIpc) is 3.01. The Morgan fingerprint density at radius 1 is 0.889 bits per heavy atom. The predicted molar refractivity (Wildman–Crippen MR) is 147 cm³/mol. The van der Waals surface area contributed by atoms with Gasteiger partial charge in [0.25, 0.3) is 5.91 Å². The molecule has 0 aromatic heterocycles. The molecular formula is C30H41N3O3. The number of para-hydroxylation sites is 1. The number of imide groups is 1. The van der Waals surface area contributed by atoms with Gasteiger partial charge >= 0.3 is 6.03 Å². The number of hydrogen-bond donors (Lipinski definition) is 1. The molecule has 3 rings (SSSR count). The Kier molecular flexibility index (Phi) is 8.59. The van der Waals surface area contributed by atoms with Crippen LogP contribution >= 0.6 is 0 Å². The summed E-state index contributed by atoms with van der Waals surface area (Å²) >= 11 is 0. The van der Waals surface area contributed by atoms with Crippen molar-refractivity contribution in [1.29, 1.82) is 0 Å². The molecule has 2 aromatic carbocycles. The third kappa shape index (κ3) is 5.18. The number of urea groups is 1. The number of aryl methyl sites for hydroxylation is 1. The highest BCUT2D eigenvalue weighted by Crippen LogP contribution is 2.40. The van der Waals surface area contributed by atoms with Crippen LogP contribution in [-0.2, 0) is 9.59 Å². The molecule has 6 nitrogen and oxygen atoms in total. The molecule has 1 N–H and O–H groups in total. The maximum Gasteiger partial charge on any atom is 0.332 e. The van der Waals surface area contributed by atoms with Crippen molar-refractivity contribution in [3.05, 3.63) is 59.2 Å². The van der Waals surface area contributed by atoms with E-state index >= 15 is 0 Å². The third-order valence-electron chi connectivity index (χ3n) is 7.05. The molecule has 4 amide bonds. The summed E-state index contributed by atoms with van der Waals surface area (Å²) < 4.78 is 0. The molecule has 36 heavy (non-hydrogen) atoms. The summed E-state index contributed by atoms with van der Waals surface area (Å²) in [4.78, 5) is 43.8. The zero-order chi connectivity index (χ0) is 26.6. The first-order chi connectivity index (χ1) is 17.1. The molecule has 0 bridgehead atoms. The molecule has 6 heteroatoms. The Labute approximate surface area is 216 Å². The third-order valence-corrected chi connectivity index (χ3v) is 7.05. The fraction of sp³-hybridized carbons (Fsp3) is 0.500. The second-order valence-electron chi connectivity index (χ2n) is 10.5. The SMILES string of the molecule is CCCC1(CCC)C(=O)N(CC(=O)Nc2c(C(C)C)cccc2C(C)C)C(=O)N1c1ccc(C)cc1. The molecule has 1 aliphatic heterocycles. The second-order valence-corrected chi connectivity index (χ2v) is 10.5. The summed E-state index contributed by atoms with van der Waals surface area (Å²) in [6, 6.07) is 13.3. The Morgan fingerprint density at radius 2 is 1.42 bits per heavy atom. The van der Waals surface area contributed by atoms with Gasteiger partial charge in [0, 0.05) is 11.4 Å². The van der Waals surface area contributed by atoms with Gasteiger partial charge in [-0.05, 0) is 54.9 Å². The van der Waals surface area contributed by atoms with E-state index < -0.39 is 11.6 Å². The van der Waals surface area contributed by atoms with Crippen LogP contribution in [0.3, 0.4) is 0 Å². The Morgan fingerprint density at radius 3 is 1.89 bits per heavy atom. The highest BCUT2D eigenvalue weighted by atomic mass is 16.2. The molecule has 0 unspecified atom stereocenters. The summed E-state index contributed by atoms with van der Waals surface area (Å²) in [6.45, 7) is 14.1. The van der Waals surface area contributed by atoms with Crippen molar-refractivity contribution in [3.8, 4) is 0 Å². The first-order valence-corrected chi connectivity index (χ1v) is 13.2. The largest absolute Gasteiger partial charge is 0.332 e. The normalized spacial score (nSPS) is 15.4. The zero-order valence-corrected chi connectivity index (χ0v) is 22.9. The maximum absolute atomic E-state index is 13.9. The van der Waals surface area contributed by atoms with E-state index in [1.165, 1.54) is 0 Å². The minimum absolute atomic E-state index is 0.216. The fourth-order valence-electron chi connectivity index (χ4n) is 5.34. The van der Waals surface area contributed by atoms with Gasteiger partial charge in [-0.3, -0.25) is 19.4 Å². The molecule has 0 spiro atoms. The van der Waals surface area contributed by atoms with Gasteiger partial charge in [-0.1, -0.05) is 90.3 Å². The minimum atomic E-state index is -0.977. The van der Waals surface area contributed by atoms with E-state index in [2.05, 4.69) is 33.0 Å². The number of nitrogens with zero attached hydrogens (tertiary/aromatic N) is 2. The van der Waals surface area contributed by atoms with Crippen molar-refractivity contribution in [1.82, 2.24) is 4.90 Å². The van der Waals surface area contributed by atoms with E-state index in [1.54, 1.807) is 4.90 Å². The van der Waals surface area contributed by atoms with Crippen LogP contribution in [0.2, 0.25) is 0 Å². The summed E-state index contributed by atoms with van der Waals surface area (Å²) in [5.74, 6) is -0.215. The number of carbonyl (C=O) groups excluding carboxylic acids is 3. The number of amides is 4. The molecule has 1 aliphatic rings. The van der Waals surface area contributed by atoms with Crippen LogP contribution in [-0.4, -0.2) is 34.8 Å². The van der Waals surface area contributed by atoms with Crippen LogP contribution < -0.4 is 10.2 Å². The monoisotopic (exact) mass is 491 g/mol. The topological polar surface area (TPSA) is 69.7 Å². The molecule has 2 aromatic rings. The maximum atomic E-state index is 13.9. The van der Waals surface area contributed by atoms with Gasteiger partial charge in [0.05, 0.1) is 0 Å². The number of anilines is 2. The molecule has 0 radical (unpaired) electrons. The summed E-state index contributed by atoms with van der Waals surface area (Å²) in [6.07, 6.45) is 2.60. The van der Waals surface area contributed by atoms with E-state index in [0.29, 0.717) is 18.5 Å². The van der Waals surface area contributed by atoms with Crippen LogP contribution in [0, 0.1) is 6.92 Å². The van der Waals surface area contributed by atoms with E-state index in [4.69, 9.17) is 0 Å². The van der Waals surface area contributed by atoms with Gasteiger partial charge in [-0.2, -0.15) is 0 Å². The number of benzene rings is 2. The van der Waals surface area contributed by atoms with Gasteiger partial charge in [-0.25, -0.2) is 4.79 Å². The molecule has 194 valence electrons. The van der Waals surface area contributed by atoms with Crippen molar-refractivity contribution in [2.75, 3.05) is 16.8 Å². The molecule has 1 heterocycles. The second kappa shape index (κ2) is 11.3. The lowest BCUT2D eigenvalue weighted by Gasteiger charge is -2.35. The number of rotatable bonds is 10. The predicted octanol–water partition coefficient (Wildman–Crippen LogP) is 6.99. The highest BCUT2D eigenvalue weighted by Gasteiger charge is 2.57. The smallest absolute Gasteiger partial charge is 0.324 e. The van der Waals surface area contributed by atoms with Gasteiger partial charge in [0.2, 0.25) is 5.91 Å². The fourth-order valence-corrected chi connectivity index (χ4v) is 5.34. The molecule has 0 aliphatic carbocycles. The molecule has 0 atom stereocenters. The van der Waals surface area contributed by atoms with Crippen molar-refractivity contribution in [2.45, 2.75) is 91.5 Å². The van der Waals surface area contributed by atoms with Crippen LogP contribution in [0.5, 0.6) is 0 Å². The first kappa shape index (κ1) is 27.4. The lowest BCUT2D eigenvalue weighted by molar-refractivity contribution is -0.134. The average molecular weight is 492 g/mol. The van der Waals surface area contributed by atoms with Gasteiger partial charge in [-0.15, -0.1) is 0 Å². The van der Waals surface area contributed by atoms with Crippen molar-refractivity contribution < 1.29 is 14.4 Å².